The summed E-state index contributed by atoms with van der Waals surface area (Å²) in [5.41, 5.74) is 4.31. The quantitative estimate of drug-likeness (QED) is 0.0735. The molecule has 0 bridgehead atoms. The predicted molar refractivity (Wildman–Crippen MR) is 278 cm³/mol. The van der Waals surface area contributed by atoms with Crippen molar-refractivity contribution in [3.8, 4) is 16.9 Å². The molecule has 0 spiro atoms. The molecule has 10 rings (SSSR count). The Balaban J connectivity index is 0.738. The van der Waals surface area contributed by atoms with E-state index in [-0.39, 0.29) is 70.9 Å². The summed E-state index contributed by atoms with van der Waals surface area (Å²) in [6.07, 6.45) is 0.273. The number of nitrogens with one attached hydrogen (secondary N) is 3. The topological polar surface area (TPSA) is 179 Å². The van der Waals surface area contributed by atoms with Crippen LogP contribution in [0.3, 0.4) is 0 Å². The normalized spacial score (nSPS) is 15.6. The molecule has 8 aromatic rings. The van der Waals surface area contributed by atoms with E-state index in [9.17, 15) is 41.9 Å². The van der Waals surface area contributed by atoms with Crippen LogP contribution in [0, 0.1) is 5.82 Å². The third kappa shape index (κ3) is 10.1. The molecule has 5 heterocycles. The van der Waals surface area contributed by atoms with Crippen LogP contribution < -0.4 is 27.3 Å². The van der Waals surface area contributed by atoms with E-state index in [1.807, 2.05) is 30.3 Å². The Morgan fingerprint density at radius 3 is 2.20 bits per heavy atom. The molecule has 3 aromatic heterocycles. The van der Waals surface area contributed by atoms with Crippen molar-refractivity contribution in [3.05, 3.63) is 170 Å². The predicted octanol–water partition coefficient (Wildman–Crippen LogP) is 7.65. The molecular formula is C56H54F4N10O6. The molecule has 76 heavy (non-hydrogen) atoms. The molecule has 0 radical (unpaired) electrons. The van der Waals surface area contributed by atoms with Crippen LogP contribution >= 0.6 is 0 Å². The van der Waals surface area contributed by atoms with Crippen molar-refractivity contribution in [1.82, 2.24) is 43.6 Å². The van der Waals surface area contributed by atoms with Crippen molar-refractivity contribution < 1.29 is 36.7 Å². The number of amides is 4. The molecule has 2 saturated heterocycles. The minimum atomic E-state index is -4.79. The number of halogens is 4. The van der Waals surface area contributed by atoms with Crippen LogP contribution in [0.2, 0.25) is 0 Å². The summed E-state index contributed by atoms with van der Waals surface area (Å²) < 4.78 is 65.4. The van der Waals surface area contributed by atoms with Crippen LogP contribution in [-0.4, -0.2) is 82.8 Å². The maximum Gasteiger partial charge on any atom is 0.416 e. The number of benzene rings is 5. The van der Waals surface area contributed by atoms with E-state index in [1.165, 1.54) is 38.8 Å². The van der Waals surface area contributed by atoms with Gasteiger partial charge < -0.3 is 20.1 Å². The molecule has 2 fully saturated rings. The zero-order valence-electron chi connectivity index (χ0n) is 41.9. The van der Waals surface area contributed by atoms with E-state index in [0.717, 1.165) is 79.8 Å². The summed E-state index contributed by atoms with van der Waals surface area (Å²) in [7, 11) is 3.21. The summed E-state index contributed by atoms with van der Waals surface area (Å²) in [5.74, 6) is -2.87. The van der Waals surface area contributed by atoms with Gasteiger partial charge in [-0.25, -0.2) is 23.2 Å². The lowest BCUT2D eigenvalue weighted by Gasteiger charge is -2.32. The number of fused-ring (bicyclic) bond motifs is 2. The molecule has 1 unspecified atom stereocenters. The molecule has 2 aliphatic rings. The second kappa shape index (κ2) is 20.7. The lowest BCUT2D eigenvalue weighted by molar-refractivity contribution is -0.138. The van der Waals surface area contributed by atoms with Gasteiger partial charge in [0.05, 0.1) is 38.9 Å². The van der Waals surface area contributed by atoms with Gasteiger partial charge >= 0.3 is 17.6 Å². The minimum absolute atomic E-state index is 0.00652. The number of aromatic nitrogens is 6. The van der Waals surface area contributed by atoms with Crippen molar-refractivity contribution in [1.29, 1.82) is 0 Å². The second-order valence-corrected chi connectivity index (χ2v) is 19.5. The van der Waals surface area contributed by atoms with Crippen LogP contribution in [-0.2, 0) is 49.2 Å². The Hall–Kier alpha value is -8.39. The molecule has 5 aromatic carbocycles. The number of aryl methyl sites for hydroxylation is 3. The lowest BCUT2D eigenvalue weighted by Crippen LogP contribution is -2.44. The first-order valence-corrected chi connectivity index (χ1v) is 25.2. The number of hydrogen-bond acceptors (Lipinski definition) is 8. The van der Waals surface area contributed by atoms with Gasteiger partial charge in [-0.15, -0.1) is 0 Å². The number of likely N-dealkylation sites (tertiary alicyclic amines) is 1. The first-order valence-electron chi connectivity index (χ1n) is 25.2. The van der Waals surface area contributed by atoms with Crippen molar-refractivity contribution in [2.45, 2.75) is 70.1 Å². The van der Waals surface area contributed by atoms with Gasteiger partial charge in [0.2, 0.25) is 11.8 Å². The minimum Gasteiger partial charge on any atom is -0.352 e. The number of nitrogens with zero attached hydrogens (tertiary/aromatic N) is 7. The Morgan fingerprint density at radius 2 is 1.51 bits per heavy atom. The molecule has 0 saturated carbocycles. The van der Waals surface area contributed by atoms with E-state index < -0.39 is 41.3 Å². The summed E-state index contributed by atoms with van der Waals surface area (Å²) in [4.78, 5) is 79.8. The highest BCUT2D eigenvalue weighted by Crippen LogP contribution is 2.38. The average molecular weight is 1040 g/mol. The average Bonchev–Trinajstić information content (AvgIpc) is 4.06. The maximum absolute atomic E-state index is 15.2. The number of carbonyl (C=O) groups excluding carboxylic acids is 4. The van der Waals surface area contributed by atoms with Crippen molar-refractivity contribution in [3.63, 3.8) is 0 Å². The van der Waals surface area contributed by atoms with Gasteiger partial charge in [-0.05, 0) is 141 Å². The summed E-state index contributed by atoms with van der Waals surface area (Å²) >= 11 is 0. The highest BCUT2D eigenvalue weighted by atomic mass is 19.4. The van der Waals surface area contributed by atoms with E-state index >= 15 is 4.39 Å². The summed E-state index contributed by atoms with van der Waals surface area (Å²) in [5, 5.41) is 11.8. The summed E-state index contributed by atoms with van der Waals surface area (Å²) in [6.45, 7) is 4.96. The maximum atomic E-state index is 15.2. The third-order valence-corrected chi connectivity index (χ3v) is 14.7. The van der Waals surface area contributed by atoms with E-state index in [1.54, 1.807) is 53.4 Å². The van der Waals surface area contributed by atoms with Gasteiger partial charge in [0.1, 0.15) is 18.2 Å². The molecule has 0 aliphatic carbocycles. The Morgan fingerprint density at radius 1 is 0.776 bits per heavy atom. The SMILES string of the molecule is CCn1c(-c2ccc(-n3cnn(C)c3=O)cc2)cc2cc(C(F)(F)F)cc(C(=O)Nc3ccc(F)c(C(=O)NCCc4ccc(C5CCN(CCc6ccc7c(c6)n(C)c(=O)n7C6CCC(=O)NC6=O)CC5)cc4)c3)c21. The van der Waals surface area contributed by atoms with E-state index in [2.05, 4.69) is 38.1 Å². The highest BCUT2D eigenvalue weighted by Gasteiger charge is 2.34. The largest absolute Gasteiger partial charge is 0.416 e. The van der Waals surface area contributed by atoms with Crippen LogP contribution in [0.15, 0.2) is 119 Å². The summed E-state index contributed by atoms with van der Waals surface area (Å²) in [6, 6.07) is 27.0. The fourth-order valence-corrected chi connectivity index (χ4v) is 10.6. The Bertz CT molecular complexity index is 3690. The number of imidazole rings is 1. The number of imide groups is 1. The molecule has 3 N–H and O–H groups in total. The van der Waals surface area contributed by atoms with Gasteiger partial charge in [0.25, 0.3) is 11.8 Å². The number of carbonyl (C=O) groups is 4. The third-order valence-electron chi connectivity index (χ3n) is 14.7. The fraction of sp³-hybridized carbons (Fsp3) is 0.304. The van der Waals surface area contributed by atoms with Crippen LogP contribution in [0.5, 0.6) is 0 Å². The first-order chi connectivity index (χ1) is 36.4. The highest BCUT2D eigenvalue weighted by molar-refractivity contribution is 6.13. The molecule has 1 atom stereocenters. The Labute approximate surface area is 432 Å². The van der Waals surface area contributed by atoms with E-state index in [4.69, 9.17) is 0 Å². The van der Waals surface area contributed by atoms with Gasteiger partial charge in [-0.2, -0.15) is 18.3 Å². The molecule has 4 amide bonds. The smallest absolute Gasteiger partial charge is 0.352 e. The number of anilines is 1. The Kier molecular flexibility index (Phi) is 13.9. The van der Waals surface area contributed by atoms with E-state index in [0.29, 0.717) is 34.8 Å². The number of hydrogen-bond donors (Lipinski definition) is 3. The van der Waals surface area contributed by atoms with Crippen LogP contribution in [0.1, 0.15) is 87.5 Å². The first kappa shape index (κ1) is 51.1. The molecule has 392 valence electrons. The van der Waals surface area contributed by atoms with Crippen molar-refractivity contribution in [2.75, 3.05) is 31.5 Å². The van der Waals surface area contributed by atoms with Crippen LogP contribution in [0.25, 0.3) is 38.9 Å². The van der Waals surface area contributed by atoms with Gasteiger partial charge in [-0.1, -0.05) is 42.5 Å². The van der Waals surface area contributed by atoms with Crippen molar-refractivity contribution in [2.24, 2.45) is 14.1 Å². The number of rotatable bonds is 14. The van der Waals surface area contributed by atoms with Crippen LogP contribution in [0.4, 0.5) is 23.2 Å². The second-order valence-electron chi connectivity index (χ2n) is 19.5. The monoisotopic (exact) mass is 1040 g/mol. The van der Waals surface area contributed by atoms with Gasteiger partial charge in [0, 0.05) is 56.9 Å². The lowest BCUT2D eigenvalue weighted by atomic mass is 9.88. The standard InChI is InChI=1S/C56H54F4N10O6/c1-4-68-47(37-10-13-41(14-11-37)69-32-62-66(3)55(69)76)29-38-28-39(56(58,59)60)30-43(50(38)68)52(73)63-40-12-15-44(57)42(31-40)51(72)61-23-19-33-5-8-35(9-6-33)36-21-25-67(26-22-36)24-20-34-7-16-45-48(27-34)65(2)54(75)70(45)46-17-18-49(71)64-53(46)74/h5-16,27-32,36,46H,4,17-26H2,1-3H3,(H,61,72)(H,63,73)(H,64,71,74). The molecule has 2 aliphatic heterocycles. The molecule has 20 heteroatoms. The molecular weight excluding hydrogens is 985 g/mol. The van der Waals surface area contributed by atoms with Crippen molar-refractivity contribution >= 4 is 51.3 Å². The number of alkyl halides is 3. The molecule has 16 nitrogen and oxygen atoms in total. The van der Waals surface area contributed by atoms with Gasteiger partial charge in [0.15, 0.2) is 0 Å². The zero-order chi connectivity index (χ0) is 53.6. The number of piperidine rings is 2. The fourth-order valence-electron chi connectivity index (χ4n) is 10.6. The van der Waals surface area contributed by atoms with Gasteiger partial charge in [-0.3, -0.25) is 33.6 Å². The zero-order valence-corrected chi connectivity index (χ0v) is 41.9.